The van der Waals surface area contributed by atoms with E-state index in [-0.39, 0.29) is 17.4 Å². The van der Waals surface area contributed by atoms with Gasteiger partial charge in [0.15, 0.2) is 0 Å². The SMILES string of the molecule is O=C(NCc1ccccc1Cn1cccn1)c1cc(F)cc(NC(=O)C2CCC2)c1. The highest BCUT2D eigenvalue weighted by Crippen LogP contribution is 2.28. The maximum atomic E-state index is 14.0. The Kier molecular flexibility index (Phi) is 5.88. The van der Waals surface area contributed by atoms with Gasteiger partial charge in [-0.3, -0.25) is 14.3 Å². The first kappa shape index (κ1) is 19.8. The van der Waals surface area contributed by atoms with Crippen molar-refractivity contribution in [1.29, 1.82) is 0 Å². The van der Waals surface area contributed by atoms with Gasteiger partial charge in [0.25, 0.3) is 5.91 Å². The van der Waals surface area contributed by atoms with Gasteiger partial charge in [0.1, 0.15) is 5.82 Å². The van der Waals surface area contributed by atoms with Gasteiger partial charge in [-0.15, -0.1) is 0 Å². The monoisotopic (exact) mass is 406 g/mol. The summed E-state index contributed by atoms with van der Waals surface area (Å²) in [6.07, 6.45) is 6.34. The number of carbonyl (C=O) groups excluding carboxylic acids is 2. The lowest BCUT2D eigenvalue weighted by atomic mass is 9.85. The molecule has 1 fully saturated rings. The topological polar surface area (TPSA) is 76.0 Å². The van der Waals surface area contributed by atoms with Crippen molar-refractivity contribution in [3.63, 3.8) is 0 Å². The Morgan fingerprint density at radius 1 is 1.10 bits per heavy atom. The average molecular weight is 406 g/mol. The molecule has 0 unspecified atom stereocenters. The van der Waals surface area contributed by atoms with Crippen LogP contribution in [-0.2, 0) is 17.9 Å². The second kappa shape index (κ2) is 8.90. The minimum absolute atomic E-state index is 0.0168. The van der Waals surface area contributed by atoms with E-state index in [1.807, 2.05) is 41.2 Å². The molecule has 1 aromatic heterocycles. The molecule has 4 rings (SSSR count). The third-order valence-corrected chi connectivity index (χ3v) is 5.35. The van der Waals surface area contributed by atoms with E-state index in [0.717, 1.165) is 30.4 Å². The van der Waals surface area contributed by atoms with Crippen molar-refractivity contribution in [1.82, 2.24) is 15.1 Å². The molecule has 2 aromatic carbocycles. The van der Waals surface area contributed by atoms with Crippen LogP contribution in [0.4, 0.5) is 10.1 Å². The van der Waals surface area contributed by atoms with E-state index in [2.05, 4.69) is 15.7 Å². The quantitative estimate of drug-likeness (QED) is 0.628. The Morgan fingerprint density at radius 2 is 1.90 bits per heavy atom. The number of rotatable bonds is 7. The van der Waals surface area contributed by atoms with Crippen LogP contribution in [0.15, 0.2) is 60.9 Å². The first-order chi connectivity index (χ1) is 14.6. The summed E-state index contributed by atoms with van der Waals surface area (Å²) in [4.78, 5) is 24.8. The number of halogens is 1. The van der Waals surface area contributed by atoms with E-state index in [9.17, 15) is 14.0 Å². The Labute approximate surface area is 174 Å². The van der Waals surface area contributed by atoms with Crippen molar-refractivity contribution in [2.45, 2.75) is 32.4 Å². The number of nitrogens with zero attached hydrogens (tertiary/aromatic N) is 2. The molecular weight excluding hydrogens is 383 g/mol. The van der Waals surface area contributed by atoms with Gasteiger partial charge in [-0.25, -0.2) is 4.39 Å². The third kappa shape index (κ3) is 4.74. The van der Waals surface area contributed by atoms with Crippen molar-refractivity contribution in [3.8, 4) is 0 Å². The maximum absolute atomic E-state index is 14.0. The van der Waals surface area contributed by atoms with Crippen LogP contribution in [0.5, 0.6) is 0 Å². The smallest absolute Gasteiger partial charge is 0.251 e. The maximum Gasteiger partial charge on any atom is 0.251 e. The van der Waals surface area contributed by atoms with Gasteiger partial charge >= 0.3 is 0 Å². The Morgan fingerprint density at radius 3 is 2.60 bits per heavy atom. The van der Waals surface area contributed by atoms with E-state index in [1.54, 1.807) is 6.20 Å². The minimum Gasteiger partial charge on any atom is -0.348 e. The fourth-order valence-electron chi connectivity index (χ4n) is 3.44. The summed E-state index contributed by atoms with van der Waals surface area (Å²) in [6.45, 7) is 0.896. The molecule has 154 valence electrons. The molecule has 0 radical (unpaired) electrons. The molecule has 0 atom stereocenters. The summed E-state index contributed by atoms with van der Waals surface area (Å²) in [5.41, 5.74) is 2.46. The molecule has 7 heteroatoms. The molecule has 1 aliphatic rings. The number of benzene rings is 2. The first-order valence-electron chi connectivity index (χ1n) is 10.0. The van der Waals surface area contributed by atoms with Crippen LogP contribution in [0.25, 0.3) is 0 Å². The lowest BCUT2D eigenvalue weighted by Crippen LogP contribution is -2.28. The normalized spacial score (nSPS) is 13.5. The molecule has 0 saturated heterocycles. The highest BCUT2D eigenvalue weighted by atomic mass is 19.1. The fourth-order valence-corrected chi connectivity index (χ4v) is 3.44. The van der Waals surface area contributed by atoms with Crippen LogP contribution in [0.3, 0.4) is 0 Å². The molecule has 2 N–H and O–H groups in total. The molecule has 3 aromatic rings. The second-order valence-corrected chi connectivity index (χ2v) is 7.50. The van der Waals surface area contributed by atoms with Crippen LogP contribution >= 0.6 is 0 Å². The van der Waals surface area contributed by atoms with Crippen molar-refractivity contribution >= 4 is 17.5 Å². The lowest BCUT2D eigenvalue weighted by molar-refractivity contribution is -0.122. The molecular formula is C23H23FN4O2. The predicted molar refractivity (Wildman–Crippen MR) is 111 cm³/mol. The number of nitrogens with one attached hydrogen (secondary N) is 2. The van der Waals surface area contributed by atoms with Crippen molar-refractivity contribution < 1.29 is 14.0 Å². The Hall–Kier alpha value is -3.48. The third-order valence-electron chi connectivity index (χ3n) is 5.35. The van der Waals surface area contributed by atoms with Gasteiger partial charge in [-0.1, -0.05) is 30.7 Å². The standard InChI is InChI=1S/C23H23FN4O2/c24-20-11-19(12-21(13-20)27-23(30)16-7-3-8-16)22(29)25-14-17-5-1-2-6-18(17)15-28-10-4-9-26-28/h1-2,4-6,9-13,16H,3,7-8,14-15H2,(H,25,29)(H,27,30). The van der Waals surface area contributed by atoms with Crippen molar-refractivity contribution in [2.75, 3.05) is 5.32 Å². The first-order valence-corrected chi connectivity index (χ1v) is 10.0. The Bertz CT molecular complexity index is 1050. The fraction of sp³-hybridized carbons (Fsp3) is 0.261. The number of carbonyl (C=O) groups is 2. The van der Waals surface area contributed by atoms with Crippen LogP contribution in [0, 0.1) is 11.7 Å². The van der Waals surface area contributed by atoms with Gasteiger partial charge < -0.3 is 10.6 Å². The van der Waals surface area contributed by atoms with Gasteiger partial charge in [0.05, 0.1) is 6.54 Å². The molecule has 0 aliphatic heterocycles. The molecule has 1 heterocycles. The summed E-state index contributed by atoms with van der Waals surface area (Å²) < 4.78 is 15.8. The molecule has 0 bridgehead atoms. The van der Waals surface area contributed by atoms with Gasteiger partial charge in [-0.05, 0) is 48.2 Å². The van der Waals surface area contributed by atoms with Crippen LogP contribution in [0.2, 0.25) is 0 Å². The molecule has 30 heavy (non-hydrogen) atoms. The number of hydrogen-bond donors (Lipinski definition) is 2. The Balaban J connectivity index is 1.42. The van der Waals surface area contributed by atoms with Crippen LogP contribution in [0.1, 0.15) is 40.7 Å². The molecule has 6 nitrogen and oxygen atoms in total. The number of amides is 2. The predicted octanol–water partition coefficient (Wildman–Crippen LogP) is 3.74. The zero-order chi connectivity index (χ0) is 20.9. The van der Waals surface area contributed by atoms with E-state index < -0.39 is 11.7 Å². The summed E-state index contributed by atoms with van der Waals surface area (Å²) in [5.74, 6) is -1.10. The van der Waals surface area contributed by atoms with Crippen LogP contribution in [-0.4, -0.2) is 21.6 Å². The van der Waals surface area contributed by atoms with Gasteiger partial charge in [0.2, 0.25) is 5.91 Å². The summed E-state index contributed by atoms with van der Waals surface area (Å²) in [7, 11) is 0. The molecule has 0 spiro atoms. The van der Waals surface area contributed by atoms with E-state index >= 15 is 0 Å². The molecule has 1 saturated carbocycles. The number of anilines is 1. The zero-order valence-electron chi connectivity index (χ0n) is 16.5. The highest BCUT2D eigenvalue weighted by molar-refractivity contribution is 5.97. The van der Waals surface area contributed by atoms with E-state index in [4.69, 9.17) is 0 Å². The summed E-state index contributed by atoms with van der Waals surface area (Å²) in [6, 6.07) is 13.5. The lowest BCUT2D eigenvalue weighted by Gasteiger charge is -2.24. The second-order valence-electron chi connectivity index (χ2n) is 7.50. The minimum atomic E-state index is -0.564. The zero-order valence-corrected chi connectivity index (χ0v) is 16.5. The van der Waals surface area contributed by atoms with Crippen molar-refractivity contribution in [2.24, 2.45) is 5.92 Å². The number of hydrogen-bond acceptors (Lipinski definition) is 3. The van der Waals surface area contributed by atoms with Crippen molar-refractivity contribution in [3.05, 3.63) is 83.4 Å². The number of aromatic nitrogens is 2. The van der Waals surface area contributed by atoms with Gasteiger partial charge in [0, 0.05) is 36.1 Å². The van der Waals surface area contributed by atoms with Gasteiger partial charge in [-0.2, -0.15) is 5.10 Å². The molecule has 2 amide bonds. The van der Waals surface area contributed by atoms with E-state index in [0.29, 0.717) is 18.8 Å². The summed E-state index contributed by atoms with van der Waals surface area (Å²) >= 11 is 0. The average Bonchev–Trinajstić information content (AvgIpc) is 3.18. The van der Waals surface area contributed by atoms with Crippen LogP contribution < -0.4 is 10.6 Å². The highest BCUT2D eigenvalue weighted by Gasteiger charge is 2.25. The summed E-state index contributed by atoms with van der Waals surface area (Å²) in [5, 5.41) is 9.77. The van der Waals surface area contributed by atoms with E-state index in [1.165, 1.54) is 18.2 Å². The molecule has 1 aliphatic carbocycles. The largest absolute Gasteiger partial charge is 0.348 e.